The lowest BCUT2D eigenvalue weighted by molar-refractivity contribution is 0.112. The molecule has 0 saturated heterocycles. The molecule has 0 heterocycles. The van der Waals surface area contributed by atoms with Crippen LogP contribution < -0.4 is 4.72 Å². The van der Waals surface area contributed by atoms with E-state index in [4.69, 9.17) is 4.74 Å². The fourth-order valence-electron chi connectivity index (χ4n) is 2.36. The predicted octanol–water partition coefficient (Wildman–Crippen LogP) is 2.95. The third-order valence-electron chi connectivity index (χ3n) is 3.82. The second kappa shape index (κ2) is 8.28. The van der Waals surface area contributed by atoms with Crippen molar-refractivity contribution in [3.05, 3.63) is 60.2 Å². The van der Waals surface area contributed by atoms with Gasteiger partial charge < -0.3 is 4.74 Å². The summed E-state index contributed by atoms with van der Waals surface area (Å²) in [4.78, 5) is 2.41. The lowest BCUT2D eigenvalue weighted by Gasteiger charge is -2.24. The number of rotatable bonds is 8. The Balaban J connectivity index is 2.10. The highest BCUT2D eigenvalue weighted by Crippen LogP contribution is 2.18. The highest BCUT2D eigenvalue weighted by molar-refractivity contribution is 7.92. The third kappa shape index (κ3) is 5.06. The van der Waals surface area contributed by atoms with Gasteiger partial charge in [0.1, 0.15) is 0 Å². The van der Waals surface area contributed by atoms with Crippen molar-refractivity contribution in [2.75, 3.05) is 25.5 Å². The summed E-state index contributed by atoms with van der Waals surface area (Å²) in [5, 5.41) is 0. The van der Waals surface area contributed by atoms with Crippen LogP contribution in [0.15, 0.2) is 59.5 Å². The Morgan fingerprint density at radius 3 is 2.50 bits per heavy atom. The first-order chi connectivity index (χ1) is 11.4. The first-order valence-electron chi connectivity index (χ1n) is 7.78. The van der Waals surface area contributed by atoms with Gasteiger partial charge in [-0.05, 0) is 43.8 Å². The van der Waals surface area contributed by atoms with E-state index in [0.717, 1.165) is 5.56 Å². The lowest BCUT2D eigenvalue weighted by Crippen LogP contribution is -2.32. The molecule has 0 fully saturated rings. The number of nitrogens with one attached hydrogen (secondary N) is 1. The number of nitrogens with zero attached hydrogens (tertiary/aromatic N) is 1. The Hall–Kier alpha value is -1.89. The van der Waals surface area contributed by atoms with E-state index < -0.39 is 10.0 Å². The van der Waals surface area contributed by atoms with E-state index in [2.05, 4.69) is 16.5 Å². The van der Waals surface area contributed by atoms with E-state index in [1.165, 1.54) is 0 Å². The molecule has 130 valence electrons. The second-order valence-corrected chi connectivity index (χ2v) is 7.52. The molecule has 1 atom stereocenters. The summed E-state index contributed by atoms with van der Waals surface area (Å²) in [6, 6.07) is 16.1. The van der Waals surface area contributed by atoms with E-state index in [9.17, 15) is 8.42 Å². The first kappa shape index (κ1) is 18.4. The molecule has 0 saturated carbocycles. The summed E-state index contributed by atoms with van der Waals surface area (Å²) in [6.07, 6.45) is 0. The lowest BCUT2D eigenvalue weighted by atomic mass is 10.2. The number of methoxy groups -OCH3 is 1. The van der Waals surface area contributed by atoms with Crippen LogP contribution in [-0.2, 0) is 21.3 Å². The Bertz CT molecular complexity index is 748. The zero-order valence-corrected chi connectivity index (χ0v) is 15.1. The summed E-state index contributed by atoms with van der Waals surface area (Å²) < 4.78 is 32.6. The molecule has 1 unspecified atom stereocenters. The van der Waals surface area contributed by atoms with E-state index in [1.54, 1.807) is 43.5 Å². The molecule has 0 aromatic heterocycles. The van der Waals surface area contributed by atoms with Crippen molar-refractivity contribution in [1.82, 2.24) is 4.90 Å². The number of hydrogen-bond donors (Lipinski definition) is 1. The Labute approximate surface area is 144 Å². The van der Waals surface area contributed by atoms with Crippen molar-refractivity contribution in [2.45, 2.75) is 24.4 Å². The molecule has 0 radical (unpaired) electrons. The molecule has 0 spiro atoms. The molecule has 6 heteroatoms. The maximum absolute atomic E-state index is 12.4. The van der Waals surface area contributed by atoms with Gasteiger partial charge in [-0.25, -0.2) is 8.42 Å². The molecule has 0 aliphatic heterocycles. The Morgan fingerprint density at radius 2 is 1.83 bits per heavy atom. The molecular formula is C18H24N2O3S. The largest absolute Gasteiger partial charge is 0.383 e. The Kier molecular flexibility index (Phi) is 6.36. The summed E-state index contributed by atoms with van der Waals surface area (Å²) in [5.74, 6) is 0. The van der Waals surface area contributed by atoms with Crippen molar-refractivity contribution in [1.29, 1.82) is 0 Å². The van der Waals surface area contributed by atoms with Gasteiger partial charge in [-0.2, -0.15) is 0 Å². The molecule has 2 aromatic carbocycles. The van der Waals surface area contributed by atoms with Crippen molar-refractivity contribution in [3.63, 3.8) is 0 Å². The number of hydrogen-bond acceptors (Lipinski definition) is 4. The SMILES string of the molecule is COCC(C)N(C)Cc1cccc(NS(=O)(=O)c2ccccc2)c1. The van der Waals surface area contributed by atoms with Gasteiger partial charge in [0.2, 0.25) is 0 Å². The van der Waals surface area contributed by atoms with Crippen molar-refractivity contribution >= 4 is 15.7 Å². The van der Waals surface area contributed by atoms with Gasteiger partial charge in [0.25, 0.3) is 10.0 Å². The minimum Gasteiger partial charge on any atom is -0.383 e. The van der Waals surface area contributed by atoms with Crippen molar-refractivity contribution < 1.29 is 13.2 Å². The Morgan fingerprint density at radius 1 is 1.12 bits per heavy atom. The zero-order valence-electron chi connectivity index (χ0n) is 14.3. The molecule has 0 aliphatic rings. The highest BCUT2D eigenvalue weighted by atomic mass is 32.2. The van der Waals surface area contributed by atoms with Gasteiger partial charge in [0.05, 0.1) is 11.5 Å². The first-order valence-corrected chi connectivity index (χ1v) is 9.26. The maximum Gasteiger partial charge on any atom is 0.261 e. The van der Waals surface area contributed by atoms with Gasteiger partial charge >= 0.3 is 0 Å². The van der Waals surface area contributed by atoms with Crippen molar-refractivity contribution in [3.8, 4) is 0 Å². The monoisotopic (exact) mass is 348 g/mol. The molecular weight excluding hydrogens is 324 g/mol. The zero-order chi connectivity index (χ0) is 17.6. The van der Waals surface area contributed by atoms with Gasteiger partial charge in [0.15, 0.2) is 0 Å². The van der Waals surface area contributed by atoms with Crippen LogP contribution in [0.4, 0.5) is 5.69 Å². The summed E-state index contributed by atoms with van der Waals surface area (Å²) in [6.45, 7) is 3.45. The van der Waals surface area contributed by atoms with Crippen LogP contribution in [0.5, 0.6) is 0 Å². The van der Waals surface area contributed by atoms with Crippen LogP contribution in [0.25, 0.3) is 0 Å². The van der Waals surface area contributed by atoms with E-state index in [1.807, 2.05) is 25.2 Å². The summed E-state index contributed by atoms with van der Waals surface area (Å²) in [7, 11) is 0.135. The quantitative estimate of drug-likeness (QED) is 0.797. The van der Waals surface area contributed by atoms with Crippen LogP contribution in [0, 0.1) is 0 Å². The normalized spacial score (nSPS) is 13.0. The van der Waals surface area contributed by atoms with E-state index in [-0.39, 0.29) is 10.9 Å². The fraction of sp³-hybridized carbons (Fsp3) is 0.333. The topological polar surface area (TPSA) is 58.6 Å². The molecule has 0 aliphatic carbocycles. The molecule has 1 N–H and O–H groups in total. The van der Waals surface area contributed by atoms with Crippen LogP contribution in [-0.4, -0.2) is 40.1 Å². The molecule has 0 bridgehead atoms. The predicted molar refractivity (Wildman–Crippen MR) is 96.5 cm³/mol. The van der Waals surface area contributed by atoms with Crippen LogP contribution >= 0.6 is 0 Å². The van der Waals surface area contributed by atoms with E-state index >= 15 is 0 Å². The molecule has 5 nitrogen and oxygen atoms in total. The number of sulfonamides is 1. The minimum atomic E-state index is -3.57. The molecule has 2 aromatic rings. The van der Waals surface area contributed by atoms with Gasteiger partial charge in [0, 0.05) is 25.4 Å². The molecule has 24 heavy (non-hydrogen) atoms. The van der Waals surface area contributed by atoms with Crippen LogP contribution in [0.3, 0.4) is 0 Å². The molecule has 2 rings (SSSR count). The average Bonchev–Trinajstić information content (AvgIpc) is 2.56. The summed E-state index contributed by atoms with van der Waals surface area (Å²) >= 11 is 0. The highest BCUT2D eigenvalue weighted by Gasteiger charge is 2.14. The fourth-order valence-corrected chi connectivity index (χ4v) is 3.43. The summed E-state index contributed by atoms with van der Waals surface area (Å²) in [5.41, 5.74) is 1.60. The average molecular weight is 348 g/mol. The standard InChI is InChI=1S/C18H24N2O3S/c1-15(14-23-3)20(2)13-16-8-7-9-17(12-16)19-24(21,22)18-10-5-4-6-11-18/h4-12,15,19H,13-14H2,1-3H3. The second-order valence-electron chi connectivity index (χ2n) is 5.84. The third-order valence-corrected chi connectivity index (χ3v) is 5.22. The van der Waals surface area contributed by atoms with E-state index in [0.29, 0.717) is 18.8 Å². The van der Waals surface area contributed by atoms with Crippen LogP contribution in [0.1, 0.15) is 12.5 Å². The number of likely N-dealkylation sites (N-methyl/N-ethyl adjacent to an activating group) is 1. The number of benzene rings is 2. The van der Waals surface area contributed by atoms with Gasteiger partial charge in [-0.3, -0.25) is 9.62 Å². The van der Waals surface area contributed by atoms with Gasteiger partial charge in [-0.15, -0.1) is 0 Å². The van der Waals surface area contributed by atoms with Crippen LogP contribution in [0.2, 0.25) is 0 Å². The smallest absolute Gasteiger partial charge is 0.261 e. The van der Waals surface area contributed by atoms with Crippen molar-refractivity contribution in [2.24, 2.45) is 0 Å². The number of anilines is 1. The number of ether oxygens (including phenoxy) is 1. The minimum absolute atomic E-state index is 0.251. The molecule has 0 amide bonds. The van der Waals surface area contributed by atoms with Gasteiger partial charge in [-0.1, -0.05) is 30.3 Å². The maximum atomic E-state index is 12.4.